The predicted molar refractivity (Wildman–Crippen MR) is 60.8 cm³/mol. The van der Waals surface area contributed by atoms with Gasteiger partial charge >= 0.3 is 0 Å². The molecule has 78 valence electrons. The summed E-state index contributed by atoms with van der Waals surface area (Å²) in [5.41, 5.74) is 1.90. The molecule has 0 atom stereocenters. The van der Waals surface area contributed by atoms with Gasteiger partial charge in [-0.05, 0) is 31.8 Å². The van der Waals surface area contributed by atoms with Gasteiger partial charge in [-0.25, -0.2) is 0 Å². The Morgan fingerprint density at radius 1 is 1.50 bits per heavy atom. The maximum atomic E-state index is 5.84. The second kappa shape index (κ2) is 5.10. The maximum absolute atomic E-state index is 5.84. The van der Waals surface area contributed by atoms with Crippen LogP contribution in [-0.2, 0) is 6.54 Å². The summed E-state index contributed by atoms with van der Waals surface area (Å²) in [5.74, 6) is 1.57. The minimum absolute atomic E-state index is 0.745. The number of thiazole rings is 1. The minimum atomic E-state index is 0.745. The minimum Gasteiger partial charge on any atom is -0.298 e. The van der Waals surface area contributed by atoms with Gasteiger partial charge in [0.25, 0.3) is 0 Å². The van der Waals surface area contributed by atoms with Crippen molar-refractivity contribution in [1.82, 2.24) is 9.88 Å². The normalized spacial score (nSPS) is 20.1. The fourth-order valence-corrected chi connectivity index (χ4v) is 2.78. The SMILES string of the molecule is ClCC1CCN(Cc2cncs2)CC1. The van der Waals surface area contributed by atoms with E-state index in [2.05, 4.69) is 9.88 Å². The number of aromatic nitrogens is 1. The molecular formula is C10H15ClN2S. The molecule has 0 spiro atoms. The van der Waals surface area contributed by atoms with Gasteiger partial charge in [-0.3, -0.25) is 9.88 Å². The van der Waals surface area contributed by atoms with E-state index in [4.69, 9.17) is 11.6 Å². The summed E-state index contributed by atoms with van der Waals surface area (Å²) in [6.45, 7) is 3.45. The van der Waals surface area contributed by atoms with Gasteiger partial charge in [-0.2, -0.15) is 0 Å². The van der Waals surface area contributed by atoms with Gasteiger partial charge in [-0.1, -0.05) is 0 Å². The highest BCUT2D eigenvalue weighted by molar-refractivity contribution is 7.09. The summed E-state index contributed by atoms with van der Waals surface area (Å²) in [6, 6.07) is 0. The standard InChI is InChI=1S/C10H15ClN2S/c11-5-9-1-3-13(4-2-9)7-10-6-12-8-14-10/h6,8-9H,1-5,7H2. The number of alkyl halides is 1. The van der Waals surface area contributed by atoms with E-state index in [0.29, 0.717) is 0 Å². The molecule has 1 aliphatic heterocycles. The third-order valence-electron chi connectivity index (χ3n) is 2.79. The Hall–Kier alpha value is -0.120. The molecule has 1 aliphatic rings. The lowest BCUT2D eigenvalue weighted by Crippen LogP contribution is -2.33. The Bertz CT molecular complexity index is 255. The van der Waals surface area contributed by atoms with E-state index < -0.39 is 0 Å². The maximum Gasteiger partial charge on any atom is 0.0794 e. The summed E-state index contributed by atoms with van der Waals surface area (Å²) >= 11 is 7.59. The summed E-state index contributed by atoms with van der Waals surface area (Å²) in [5, 5.41) is 0. The monoisotopic (exact) mass is 230 g/mol. The number of halogens is 1. The van der Waals surface area contributed by atoms with Crippen molar-refractivity contribution >= 4 is 22.9 Å². The van der Waals surface area contributed by atoms with Gasteiger partial charge in [0, 0.05) is 23.5 Å². The van der Waals surface area contributed by atoms with E-state index in [1.165, 1.54) is 30.8 Å². The van der Waals surface area contributed by atoms with Crippen LogP contribution in [0.2, 0.25) is 0 Å². The second-order valence-electron chi connectivity index (χ2n) is 3.84. The Labute approximate surface area is 93.9 Å². The van der Waals surface area contributed by atoms with Crippen molar-refractivity contribution in [2.24, 2.45) is 5.92 Å². The molecule has 1 aromatic rings. The molecule has 0 aromatic carbocycles. The van der Waals surface area contributed by atoms with E-state index in [1.54, 1.807) is 11.3 Å². The van der Waals surface area contributed by atoms with Crippen LogP contribution in [0.4, 0.5) is 0 Å². The molecule has 0 unspecified atom stereocenters. The highest BCUT2D eigenvalue weighted by Crippen LogP contribution is 2.20. The lowest BCUT2D eigenvalue weighted by Gasteiger charge is -2.30. The molecule has 2 rings (SSSR count). The van der Waals surface area contributed by atoms with Gasteiger partial charge in [0.1, 0.15) is 0 Å². The zero-order chi connectivity index (χ0) is 9.80. The molecular weight excluding hydrogens is 216 g/mol. The first-order valence-corrected chi connectivity index (χ1v) is 6.45. The lowest BCUT2D eigenvalue weighted by atomic mass is 9.99. The van der Waals surface area contributed by atoms with Crippen molar-refractivity contribution < 1.29 is 0 Å². The molecule has 0 saturated carbocycles. The van der Waals surface area contributed by atoms with Crippen molar-refractivity contribution in [3.8, 4) is 0 Å². The molecule has 0 radical (unpaired) electrons. The number of likely N-dealkylation sites (tertiary alicyclic amines) is 1. The van der Waals surface area contributed by atoms with Crippen molar-refractivity contribution in [2.75, 3.05) is 19.0 Å². The fourth-order valence-electron chi connectivity index (χ4n) is 1.84. The van der Waals surface area contributed by atoms with E-state index in [-0.39, 0.29) is 0 Å². The van der Waals surface area contributed by atoms with Crippen molar-refractivity contribution in [3.63, 3.8) is 0 Å². The molecule has 0 N–H and O–H groups in total. The third kappa shape index (κ3) is 2.69. The quantitative estimate of drug-likeness (QED) is 0.743. The van der Waals surface area contributed by atoms with Gasteiger partial charge in [0.2, 0.25) is 0 Å². The average molecular weight is 231 g/mol. The highest BCUT2D eigenvalue weighted by Gasteiger charge is 2.18. The number of piperidine rings is 1. The van der Waals surface area contributed by atoms with Crippen LogP contribution in [-0.4, -0.2) is 28.9 Å². The van der Waals surface area contributed by atoms with Gasteiger partial charge < -0.3 is 0 Å². The van der Waals surface area contributed by atoms with Crippen molar-refractivity contribution in [1.29, 1.82) is 0 Å². The second-order valence-corrected chi connectivity index (χ2v) is 5.12. The number of hydrogen-bond acceptors (Lipinski definition) is 3. The Morgan fingerprint density at radius 2 is 2.29 bits per heavy atom. The molecule has 0 bridgehead atoms. The summed E-state index contributed by atoms with van der Waals surface area (Å²) < 4.78 is 0. The largest absolute Gasteiger partial charge is 0.298 e. The van der Waals surface area contributed by atoms with E-state index >= 15 is 0 Å². The van der Waals surface area contributed by atoms with Crippen molar-refractivity contribution in [2.45, 2.75) is 19.4 Å². The first-order valence-electron chi connectivity index (χ1n) is 5.04. The van der Waals surface area contributed by atoms with Crippen LogP contribution in [0.5, 0.6) is 0 Å². The molecule has 4 heteroatoms. The van der Waals surface area contributed by atoms with Crippen LogP contribution in [0.25, 0.3) is 0 Å². The van der Waals surface area contributed by atoms with Crippen LogP contribution < -0.4 is 0 Å². The van der Waals surface area contributed by atoms with Crippen molar-refractivity contribution in [3.05, 3.63) is 16.6 Å². The summed E-state index contributed by atoms with van der Waals surface area (Å²) in [6.07, 6.45) is 4.48. The molecule has 2 heterocycles. The molecule has 1 saturated heterocycles. The smallest absolute Gasteiger partial charge is 0.0794 e. The first-order chi connectivity index (χ1) is 6.88. The Morgan fingerprint density at radius 3 is 2.86 bits per heavy atom. The van der Waals surface area contributed by atoms with Crippen LogP contribution >= 0.6 is 22.9 Å². The van der Waals surface area contributed by atoms with Crippen LogP contribution in [0.3, 0.4) is 0 Å². The van der Waals surface area contributed by atoms with E-state index in [0.717, 1.165) is 18.3 Å². The highest BCUT2D eigenvalue weighted by atomic mass is 35.5. The van der Waals surface area contributed by atoms with Gasteiger partial charge in [-0.15, -0.1) is 22.9 Å². The molecule has 2 nitrogen and oxygen atoms in total. The summed E-state index contributed by atoms with van der Waals surface area (Å²) in [7, 11) is 0. The Balaban J connectivity index is 1.79. The number of nitrogens with zero attached hydrogens (tertiary/aromatic N) is 2. The zero-order valence-electron chi connectivity index (χ0n) is 8.16. The van der Waals surface area contributed by atoms with Crippen LogP contribution in [0.1, 0.15) is 17.7 Å². The first kappa shape index (κ1) is 10.4. The van der Waals surface area contributed by atoms with E-state index in [1.807, 2.05) is 11.7 Å². The molecule has 0 aliphatic carbocycles. The van der Waals surface area contributed by atoms with Gasteiger partial charge in [0.15, 0.2) is 0 Å². The molecule has 14 heavy (non-hydrogen) atoms. The topological polar surface area (TPSA) is 16.1 Å². The molecule has 1 aromatic heterocycles. The fraction of sp³-hybridized carbons (Fsp3) is 0.700. The third-order valence-corrected chi connectivity index (χ3v) is 3.99. The zero-order valence-corrected chi connectivity index (χ0v) is 9.73. The van der Waals surface area contributed by atoms with Crippen LogP contribution in [0, 0.1) is 5.92 Å². The van der Waals surface area contributed by atoms with E-state index in [9.17, 15) is 0 Å². The average Bonchev–Trinajstić information content (AvgIpc) is 2.72. The predicted octanol–water partition coefficient (Wildman–Crippen LogP) is 2.59. The molecule has 0 amide bonds. The molecule has 1 fully saturated rings. The summed E-state index contributed by atoms with van der Waals surface area (Å²) in [4.78, 5) is 7.96. The van der Waals surface area contributed by atoms with Gasteiger partial charge in [0.05, 0.1) is 5.51 Å². The number of rotatable bonds is 3. The lowest BCUT2D eigenvalue weighted by molar-refractivity contribution is 0.188. The van der Waals surface area contributed by atoms with Crippen LogP contribution in [0.15, 0.2) is 11.7 Å². The Kier molecular flexibility index (Phi) is 3.79. The number of hydrogen-bond donors (Lipinski definition) is 0.